The van der Waals surface area contributed by atoms with Gasteiger partial charge in [0.1, 0.15) is 0 Å². The van der Waals surface area contributed by atoms with E-state index in [1.807, 2.05) is 6.92 Å². The van der Waals surface area contributed by atoms with E-state index < -0.39 is 11.9 Å². The molecule has 1 saturated heterocycles. The Morgan fingerprint density at radius 3 is 2.15 bits per heavy atom. The van der Waals surface area contributed by atoms with Crippen molar-refractivity contribution in [1.82, 2.24) is 10.2 Å². The monoisotopic (exact) mass is 284 g/mol. The first kappa shape index (κ1) is 16.8. The predicted octanol–water partition coefficient (Wildman–Crippen LogP) is 2.28. The molecule has 0 saturated carbocycles. The van der Waals surface area contributed by atoms with Crippen molar-refractivity contribution in [3.63, 3.8) is 0 Å². The summed E-state index contributed by atoms with van der Waals surface area (Å²) in [5.41, 5.74) is 0. The summed E-state index contributed by atoms with van der Waals surface area (Å²) in [6, 6.07) is -0.132. The fraction of sp³-hybridized carbons (Fsp3) is 0.867. The Morgan fingerprint density at radius 2 is 1.75 bits per heavy atom. The molecule has 0 aliphatic carbocycles. The van der Waals surface area contributed by atoms with Crippen molar-refractivity contribution in [3.8, 4) is 0 Å². The summed E-state index contributed by atoms with van der Waals surface area (Å²) in [4.78, 5) is 24.8. The number of carbonyl (C=O) groups excluding carboxylic acids is 1. The Hall–Kier alpha value is -1.26. The molecule has 116 valence electrons. The SMILES string of the molecule is CC(C)C(CNC(=O)N1CC(C)C(C(=O)O)C1)C(C)C. The van der Waals surface area contributed by atoms with Gasteiger partial charge in [-0.2, -0.15) is 0 Å². The number of carboxylic acids is 1. The minimum absolute atomic E-state index is 0.0178. The van der Waals surface area contributed by atoms with Gasteiger partial charge in [0.2, 0.25) is 0 Å². The standard InChI is InChI=1S/C15H28N2O3/c1-9(2)12(10(3)4)6-16-15(20)17-7-11(5)13(8-17)14(18)19/h9-13H,6-8H2,1-5H3,(H,16,20)(H,18,19). The van der Waals surface area contributed by atoms with Crippen LogP contribution in [0.1, 0.15) is 34.6 Å². The molecule has 2 atom stereocenters. The van der Waals surface area contributed by atoms with Crippen molar-refractivity contribution in [2.45, 2.75) is 34.6 Å². The zero-order chi connectivity index (χ0) is 15.4. The molecule has 20 heavy (non-hydrogen) atoms. The van der Waals surface area contributed by atoms with E-state index >= 15 is 0 Å². The van der Waals surface area contributed by atoms with E-state index in [-0.39, 0.29) is 11.9 Å². The molecule has 0 spiro atoms. The summed E-state index contributed by atoms with van der Waals surface area (Å²) in [6.07, 6.45) is 0. The molecule has 2 N–H and O–H groups in total. The van der Waals surface area contributed by atoms with Gasteiger partial charge >= 0.3 is 12.0 Å². The maximum atomic E-state index is 12.1. The molecule has 5 nitrogen and oxygen atoms in total. The van der Waals surface area contributed by atoms with Crippen LogP contribution in [-0.4, -0.2) is 41.6 Å². The van der Waals surface area contributed by atoms with Crippen LogP contribution in [-0.2, 0) is 4.79 Å². The lowest BCUT2D eigenvalue weighted by molar-refractivity contribution is -0.142. The minimum atomic E-state index is -0.810. The second kappa shape index (κ2) is 6.95. The second-order valence-electron chi connectivity index (χ2n) is 6.66. The molecule has 0 aromatic heterocycles. The molecule has 0 bridgehead atoms. The summed E-state index contributed by atoms with van der Waals surface area (Å²) in [7, 11) is 0. The van der Waals surface area contributed by atoms with Gasteiger partial charge in [-0.1, -0.05) is 34.6 Å². The first-order valence-corrected chi connectivity index (χ1v) is 7.49. The van der Waals surface area contributed by atoms with Crippen LogP contribution in [0.2, 0.25) is 0 Å². The van der Waals surface area contributed by atoms with Crippen LogP contribution < -0.4 is 5.32 Å². The van der Waals surface area contributed by atoms with Gasteiger partial charge in [-0.3, -0.25) is 4.79 Å². The van der Waals surface area contributed by atoms with Crippen LogP contribution in [0.5, 0.6) is 0 Å². The third-order valence-electron chi connectivity index (χ3n) is 4.42. The van der Waals surface area contributed by atoms with Gasteiger partial charge in [-0.25, -0.2) is 4.79 Å². The summed E-state index contributed by atoms with van der Waals surface area (Å²) in [5.74, 6) is 0.236. The number of carbonyl (C=O) groups is 2. The number of hydrogen-bond acceptors (Lipinski definition) is 2. The molecule has 2 amide bonds. The molecule has 5 heteroatoms. The largest absolute Gasteiger partial charge is 0.481 e. The van der Waals surface area contributed by atoms with Gasteiger partial charge in [-0.15, -0.1) is 0 Å². The fourth-order valence-electron chi connectivity index (χ4n) is 3.01. The average Bonchev–Trinajstić information content (AvgIpc) is 2.70. The van der Waals surface area contributed by atoms with E-state index in [1.165, 1.54) is 0 Å². The number of carboxylic acid groups (broad SMARTS) is 1. The molecule has 0 radical (unpaired) electrons. The lowest BCUT2D eigenvalue weighted by Gasteiger charge is -2.26. The van der Waals surface area contributed by atoms with Crippen LogP contribution in [0.15, 0.2) is 0 Å². The number of urea groups is 1. The molecule has 1 fully saturated rings. The van der Waals surface area contributed by atoms with E-state index in [0.717, 1.165) is 0 Å². The number of rotatable bonds is 5. The van der Waals surface area contributed by atoms with E-state index in [1.54, 1.807) is 4.90 Å². The Kier molecular flexibility index (Phi) is 5.84. The zero-order valence-electron chi connectivity index (χ0n) is 13.2. The van der Waals surface area contributed by atoms with Gasteiger partial charge in [0.05, 0.1) is 5.92 Å². The number of likely N-dealkylation sites (tertiary alicyclic amines) is 1. The molecule has 1 rings (SSSR count). The van der Waals surface area contributed by atoms with Crippen LogP contribution in [0, 0.1) is 29.6 Å². The van der Waals surface area contributed by atoms with Crippen molar-refractivity contribution in [2.75, 3.05) is 19.6 Å². The highest BCUT2D eigenvalue weighted by Gasteiger charge is 2.37. The van der Waals surface area contributed by atoms with Crippen molar-refractivity contribution in [3.05, 3.63) is 0 Å². The van der Waals surface area contributed by atoms with Crippen molar-refractivity contribution in [1.29, 1.82) is 0 Å². The maximum Gasteiger partial charge on any atom is 0.317 e. The summed E-state index contributed by atoms with van der Waals surface area (Å²) in [6.45, 7) is 12.0. The van der Waals surface area contributed by atoms with E-state index in [9.17, 15) is 9.59 Å². The molecule has 1 heterocycles. The molecule has 1 aliphatic rings. The summed E-state index contributed by atoms with van der Waals surface area (Å²) >= 11 is 0. The summed E-state index contributed by atoms with van der Waals surface area (Å²) in [5, 5.41) is 12.0. The molecule has 0 aromatic carbocycles. The lowest BCUT2D eigenvalue weighted by Crippen LogP contribution is -2.42. The van der Waals surface area contributed by atoms with Crippen molar-refractivity contribution in [2.24, 2.45) is 29.6 Å². The van der Waals surface area contributed by atoms with Gasteiger partial charge in [0.15, 0.2) is 0 Å². The van der Waals surface area contributed by atoms with Crippen LogP contribution >= 0.6 is 0 Å². The molecule has 0 aromatic rings. The third-order valence-corrected chi connectivity index (χ3v) is 4.42. The zero-order valence-corrected chi connectivity index (χ0v) is 13.2. The second-order valence-corrected chi connectivity index (χ2v) is 6.66. The van der Waals surface area contributed by atoms with Crippen LogP contribution in [0.4, 0.5) is 4.79 Å². The van der Waals surface area contributed by atoms with E-state index in [4.69, 9.17) is 5.11 Å². The lowest BCUT2D eigenvalue weighted by atomic mass is 9.85. The minimum Gasteiger partial charge on any atom is -0.481 e. The number of aliphatic carboxylic acids is 1. The first-order chi connectivity index (χ1) is 9.23. The topological polar surface area (TPSA) is 69.6 Å². The van der Waals surface area contributed by atoms with Gasteiger partial charge in [0.25, 0.3) is 0 Å². The van der Waals surface area contributed by atoms with Crippen LogP contribution in [0.3, 0.4) is 0 Å². The Labute approximate surface area is 121 Å². The number of amides is 2. The predicted molar refractivity (Wildman–Crippen MR) is 78.4 cm³/mol. The highest BCUT2D eigenvalue weighted by atomic mass is 16.4. The Balaban J connectivity index is 2.50. The average molecular weight is 284 g/mol. The number of nitrogens with one attached hydrogen (secondary N) is 1. The molecule has 2 unspecified atom stereocenters. The van der Waals surface area contributed by atoms with Gasteiger partial charge < -0.3 is 15.3 Å². The van der Waals surface area contributed by atoms with Gasteiger partial charge in [0, 0.05) is 19.6 Å². The molecular weight excluding hydrogens is 256 g/mol. The Bertz CT molecular complexity index is 347. The number of nitrogens with zero attached hydrogens (tertiary/aromatic N) is 1. The van der Waals surface area contributed by atoms with Crippen molar-refractivity contribution >= 4 is 12.0 Å². The fourth-order valence-corrected chi connectivity index (χ4v) is 3.01. The normalized spacial score (nSPS) is 22.9. The highest BCUT2D eigenvalue weighted by Crippen LogP contribution is 2.23. The van der Waals surface area contributed by atoms with E-state index in [0.29, 0.717) is 37.4 Å². The van der Waals surface area contributed by atoms with Gasteiger partial charge in [-0.05, 0) is 23.7 Å². The summed E-state index contributed by atoms with van der Waals surface area (Å²) < 4.78 is 0. The number of hydrogen-bond donors (Lipinski definition) is 2. The Morgan fingerprint density at radius 1 is 1.20 bits per heavy atom. The highest BCUT2D eigenvalue weighted by molar-refractivity contribution is 5.77. The van der Waals surface area contributed by atoms with E-state index in [2.05, 4.69) is 33.0 Å². The van der Waals surface area contributed by atoms with Crippen molar-refractivity contribution < 1.29 is 14.7 Å². The smallest absolute Gasteiger partial charge is 0.317 e. The maximum absolute atomic E-state index is 12.1. The molecule has 1 aliphatic heterocycles. The third kappa shape index (κ3) is 4.12. The first-order valence-electron chi connectivity index (χ1n) is 7.49. The quantitative estimate of drug-likeness (QED) is 0.813. The van der Waals surface area contributed by atoms with Crippen LogP contribution in [0.25, 0.3) is 0 Å². The molecular formula is C15H28N2O3.